The van der Waals surface area contributed by atoms with Gasteiger partial charge in [0, 0.05) is 6.07 Å². The summed E-state index contributed by atoms with van der Waals surface area (Å²) in [6.45, 7) is 1.76. The van der Waals surface area contributed by atoms with Crippen molar-refractivity contribution in [2.75, 3.05) is 5.73 Å². The number of primary sulfonamides is 1. The molecule has 0 fully saturated rings. The molecule has 0 saturated heterocycles. The number of imide groups is 1. The maximum absolute atomic E-state index is 13.4. The first-order valence-electron chi connectivity index (χ1n) is 9.22. The average Bonchev–Trinajstić information content (AvgIpc) is 3.00. The number of carbonyl (C=O) groups is 2. The number of benzene rings is 2. The molecule has 170 valence electrons. The molecule has 2 amide bonds. The Morgan fingerprint density at radius 1 is 0.848 bits per heavy atom. The van der Waals surface area contributed by atoms with E-state index in [-0.39, 0.29) is 16.0 Å². The zero-order chi connectivity index (χ0) is 24.3. The minimum absolute atomic E-state index is 0.126. The molecule has 5 N–H and O–H groups in total. The number of sulfonamides is 1. The van der Waals surface area contributed by atoms with E-state index in [9.17, 15) is 31.2 Å². The minimum atomic E-state index is -4.31. The highest BCUT2D eigenvalue weighted by molar-refractivity contribution is 7.91. The van der Waals surface area contributed by atoms with Crippen LogP contribution in [0.25, 0.3) is 5.69 Å². The van der Waals surface area contributed by atoms with E-state index < -0.39 is 58.5 Å². The van der Waals surface area contributed by atoms with Crippen molar-refractivity contribution in [1.29, 1.82) is 0 Å². The number of anilines is 1. The van der Waals surface area contributed by atoms with Gasteiger partial charge in [0.2, 0.25) is 19.9 Å². The summed E-state index contributed by atoms with van der Waals surface area (Å²) in [4.78, 5) is 35.9. The highest BCUT2D eigenvalue weighted by Crippen LogP contribution is 2.31. The lowest BCUT2D eigenvalue weighted by Crippen LogP contribution is -2.26. The third-order valence-electron chi connectivity index (χ3n) is 5.07. The molecular weight excluding hydrogens is 472 g/mol. The van der Waals surface area contributed by atoms with Gasteiger partial charge in [-0.3, -0.25) is 24.3 Å². The fraction of sp³-hybridized carbons (Fsp3) is 0.0500. The molecule has 11 nitrogen and oxygen atoms in total. The summed E-state index contributed by atoms with van der Waals surface area (Å²) >= 11 is 0. The SMILES string of the molecule is Cc1ccc(S(=O)(=O)c2ccc(S(N)(=O)=O)cc2-n2c(N)c3c(cc2=O)C(=O)NC3=O)cc1. The molecule has 0 bridgehead atoms. The smallest absolute Gasteiger partial charge is 0.262 e. The van der Waals surface area contributed by atoms with Gasteiger partial charge < -0.3 is 5.73 Å². The second kappa shape index (κ2) is 7.37. The standard InChI is InChI=1S/C20H16N4O7S2/c1-10-2-4-11(5-3-10)32(28,29)15-7-6-12(33(22,30)31)8-14(15)24-16(25)9-13-17(18(24)21)20(27)23-19(13)26/h2-9H,21H2,1H3,(H2,22,30,31)(H,23,26,27). The lowest BCUT2D eigenvalue weighted by atomic mass is 10.1. The number of hydrogen-bond donors (Lipinski definition) is 3. The molecule has 0 saturated carbocycles. The minimum Gasteiger partial charge on any atom is -0.384 e. The van der Waals surface area contributed by atoms with E-state index in [0.717, 1.165) is 29.8 Å². The Balaban J connectivity index is 2.10. The van der Waals surface area contributed by atoms with Gasteiger partial charge >= 0.3 is 0 Å². The van der Waals surface area contributed by atoms with Gasteiger partial charge in [0.25, 0.3) is 17.4 Å². The number of nitrogens with one attached hydrogen (secondary N) is 1. The fourth-order valence-electron chi connectivity index (χ4n) is 3.45. The van der Waals surface area contributed by atoms with Gasteiger partial charge in [-0.05, 0) is 37.3 Å². The highest BCUT2D eigenvalue weighted by atomic mass is 32.2. The second-order valence-corrected chi connectivity index (χ2v) is 10.7. The van der Waals surface area contributed by atoms with Gasteiger partial charge in [-0.25, -0.2) is 22.0 Å². The quantitative estimate of drug-likeness (QED) is 0.431. The van der Waals surface area contributed by atoms with E-state index in [4.69, 9.17) is 10.9 Å². The molecule has 1 aliphatic rings. The molecule has 0 atom stereocenters. The van der Waals surface area contributed by atoms with Gasteiger partial charge in [-0.15, -0.1) is 0 Å². The van der Waals surface area contributed by atoms with E-state index in [2.05, 4.69) is 0 Å². The van der Waals surface area contributed by atoms with Gasteiger partial charge in [0.05, 0.1) is 31.5 Å². The molecule has 1 aromatic heterocycles. The van der Waals surface area contributed by atoms with Crippen LogP contribution in [-0.4, -0.2) is 33.2 Å². The lowest BCUT2D eigenvalue weighted by Gasteiger charge is -2.17. The maximum atomic E-state index is 13.4. The number of aromatic nitrogens is 1. The van der Waals surface area contributed by atoms with Crippen LogP contribution < -0.4 is 21.7 Å². The van der Waals surface area contributed by atoms with Crippen LogP contribution in [0.4, 0.5) is 5.82 Å². The number of nitrogen functional groups attached to an aromatic ring is 1. The molecule has 0 radical (unpaired) electrons. The molecule has 0 aliphatic carbocycles. The first-order valence-corrected chi connectivity index (χ1v) is 12.3. The molecule has 2 heterocycles. The number of carbonyl (C=O) groups excluding carboxylic acids is 2. The Labute approximate surface area is 187 Å². The summed E-state index contributed by atoms with van der Waals surface area (Å²) in [7, 11) is -8.59. The van der Waals surface area contributed by atoms with Crippen molar-refractivity contribution in [1.82, 2.24) is 9.88 Å². The normalized spacial score (nSPS) is 13.6. The van der Waals surface area contributed by atoms with Gasteiger partial charge in [-0.1, -0.05) is 17.7 Å². The third kappa shape index (κ3) is 3.61. The van der Waals surface area contributed by atoms with Crippen molar-refractivity contribution in [3.63, 3.8) is 0 Å². The Morgan fingerprint density at radius 3 is 2.06 bits per heavy atom. The van der Waals surface area contributed by atoms with Crippen molar-refractivity contribution in [3.8, 4) is 5.69 Å². The number of sulfone groups is 1. The first kappa shape index (κ1) is 22.4. The van der Waals surface area contributed by atoms with Gasteiger partial charge in [0.15, 0.2) is 0 Å². The summed E-state index contributed by atoms with van der Waals surface area (Å²) < 4.78 is 51.3. The number of rotatable bonds is 4. The summed E-state index contributed by atoms with van der Waals surface area (Å²) in [5.74, 6) is -2.25. The van der Waals surface area contributed by atoms with Crippen LogP contribution in [0, 0.1) is 6.92 Å². The van der Waals surface area contributed by atoms with Crippen molar-refractivity contribution in [3.05, 3.63) is 75.6 Å². The molecule has 13 heteroatoms. The molecule has 3 aromatic rings. The van der Waals surface area contributed by atoms with Crippen LogP contribution in [0.3, 0.4) is 0 Å². The van der Waals surface area contributed by atoms with Crippen LogP contribution in [0.15, 0.2) is 68.0 Å². The molecule has 1 aliphatic heterocycles. The van der Waals surface area contributed by atoms with Crippen LogP contribution in [0.5, 0.6) is 0 Å². The number of nitrogens with two attached hydrogens (primary N) is 2. The topological polar surface area (TPSA) is 188 Å². The van der Waals surface area contributed by atoms with Crippen molar-refractivity contribution in [2.45, 2.75) is 21.6 Å². The van der Waals surface area contributed by atoms with Gasteiger partial charge in [-0.2, -0.15) is 0 Å². The lowest BCUT2D eigenvalue weighted by molar-refractivity contribution is 0.0880. The molecule has 2 aromatic carbocycles. The van der Waals surface area contributed by atoms with Crippen LogP contribution in [-0.2, 0) is 19.9 Å². The van der Waals surface area contributed by atoms with Crippen molar-refractivity contribution in [2.24, 2.45) is 5.14 Å². The highest BCUT2D eigenvalue weighted by Gasteiger charge is 2.33. The fourth-order valence-corrected chi connectivity index (χ4v) is 5.40. The van der Waals surface area contributed by atoms with Crippen LogP contribution >= 0.6 is 0 Å². The van der Waals surface area contributed by atoms with Gasteiger partial charge in [0.1, 0.15) is 5.82 Å². The van der Waals surface area contributed by atoms with E-state index in [1.54, 1.807) is 19.1 Å². The maximum Gasteiger partial charge on any atom is 0.262 e. The first-order chi connectivity index (χ1) is 15.3. The summed E-state index contributed by atoms with van der Waals surface area (Å²) in [6, 6.07) is 9.48. The Morgan fingerprint density at radius 2 is 1.45 bits per heavy atom. The summed E-state index contributed by atoms with van der Waals surface area (Å²) in [6.07, 6.45) is 0. The Hall–Kier alpha value is -3.81. The third-order valence-corrected chi connectivity index (χ3v) is 7.80. The zero-order valence-electron chi connectivity index (χ0n) is 16.9. The average molecular weight is 489 g/mol. The Kier molecular flexibility index (Phi) is 5.00. The predicted molar refractivity (Wildman–Crippen MR) is 116 cm³/mol. The number of amides is 2. The summed E-state index contributed by atoms with van der Waals surface area (Å²) in [5.41, 5.74) is 4.82. The number of pyridine rings is 1. The molecule has 33 heavy (non-hydrogen) atoms. The number of hydrogen-bond acceptors (Lipinski definition) is 8. The monoisotopic (exact) mass is 488 g/mol. The molecular formula is C20H16N4O7S2. The number of aryl methyl sites for hydroxylation is 1. The number of nitrogens with zero attached hydrogens (tertiary/aromatic N) is 1. The molecule has 0 spiro atoms. The van der Waals surface area contributed by atoms with E-state index in [1.807, 2.05) is 5.32 Å². The zero-order valence-corrected chi connectivity index (χ0v) is 18.5. The number of fused-ring (bicyclic) bond motifs is 1. The van der Waals surface area contributed by atoms with Crippen molar-refractivity contribution >= 4 is 37.5 Å². The van der Waals surface area contributed by atoms with E-state index in [1.165, 1.54) is 12.1 Å². The molecule has 0 unspecified atom stereocenters. The summed E-state index contributed by atoms with van der Waals surface area (Å²) in [5, 5.41) is 7.19. The Bertz CT molecular complexity index is 1640. The van der Waals surface area contributed by atoms with Crippen LogP contribution in [0.2, 0.25) is 0 Å². The predicted octanol–water partition coefficient (Wildman–Crippen LogP) is 0.0919. The molecule has 4 rings (SSSR count). The largest absolute Gasteiger partial charge is 0.384 e. The van der Waals surface area contributed by atoms with Crippen LogP contribution in [0.1, 0.15) is 26.3 Å². The second-order valence-electron chi connectivity index (χ2n) is 7.27. The van der Waals surface area contributed by atoms with E-state index >= 15 is 0 Å². The van der Waals surface area contributed by atoms with Crippen molar-refractivity contribution < 1.29 is 26.4 Å². The van der Waals surface area contributed by atoms with E-state index in [0.29, 0.717) is 4.57 Å².